The first-order valence-electron chi connectivity index (χ1n) is 8.64. The van der Waals surface area contributed by atoms with E-state index in [2.05, 4.69) is 0 Å². The number of halogens is 3. The third-order valence-electron chi connectivity index (χ3n) is 4.94. The van der Waals surface area contributed by atoms with Gasteiger partial charge in [0.2, 0.25) is 0 Å². The fourth-order valence-corrected chi connectivity index (χ4v) is 3.57. The highest BCUT2D eigenvalue weighted by atomic mass is 19.4. The molecule has 0 spiro atoms. The van der Waals surface area contributed by atoms with Crippen molar-refractivity contribution >= 4 is 23.6 Å². The zero-order chi connectivity index (χ0) is 20.3. The second kappa shape index (κ2) is 6.04. The Labute approximate surface area is 159 Å². The molecule has 4 nitrogen and oxygen atoms in total. The van der Waals surface area contributed by atoms with Gasteiger partial charge >= 0.3 is 6.18 Å². The maximum absolute atomic E-state index is 13.1. The van der Waals surface area contributed by atoms with Crippen LogP contribution < -0.4 is 4.90 Å². The molecule has 1 saturated heterocycles. The van der Waals surface area contributed by atoms with Crippen LogP contribution in [-0.4, -0.2) is 17.9 Å². The van der Waals surface area contributed by atoms with E-state index < -0.39 is 35.3 Å². The van der Waals surface area contributed by atoms with Crippen LogP contribution in [0, 0.1) is 0 Å². The number of para-hydroxylation sites is 1. The van der Waals surface area contributed by atoms with Crippen molar-refractivity contribution in [3.05, 3.63) is 70.8 Å². The van der Waals surface area contributed by atoms with Crippen LogP contribution in [0.15, 0.2) is 54.1 Å². The summed E-state index contributed by atoms with van der Waals surface area (Å²) in [6.45, 7) is 3.18. The summed E-state index contributed by atoms with van der Waals surface area (Å²) >= 11 is 0. The summed E-state index contributed by atoms with van der Waals surface area (Å²) in [6, 6.07) is 11.7. The first-order valence-corrected chi connectivity index (χ1v) is 8.64. The van der Waals surface area contributed by atoms with Crippen molar-refractivity contribution in [2.75, 3.05) is 4.90 Å². The number of hydrogen-bond donors (Lipinski definition) is 0. The van der Waals surface area contributed by atoms with Gasteiger partial charge in [0.1, 0.15) is 0 Å². The Bertz CT molecular complexity index is 1010. The van der Waals surface area contributed by atoms with Crippen LogP contribution >= 0.6 is 0 Å². The summed E-state index contributed by atoms with van der Waals surface area (Å²) < 4.78 is 45.3. The van der Waals surface area contributed by atoms with Crippen molar-refractivity contribution in [3.8, 4) is 0 Å². The summed E-state index contributed by atoms with van der Waals surface area (Å²) in [7, 11) is 0. The highest BCUT2D eigenvalue weighted by molar-refractivity contribution is 6.32. The number of nitrogens with zero attached hydrogens (tertiary/aromatic N) is 1. The van der Waals surface area contributed by atoms with Crippen molar-refractivity contribution in [2.45, 2.75) is 31.7 Å². The summed E-state index contributed by atoms with van der Waals surface area (Å²) in [5, 5.41) is 0. The largest absolute Gasteiger partial charge is 0.416 e. The highest BCUT2D eigenvalue weighted by Crippen LogP contribution is 2.42. The molecule has 2 aliphatic heterocycles. The zero-order valence-electron chi connectivity index (χ0n) is 15.1. The van der Waals surface area contributed by atoms with Crippen LogP contribution in [-0.2, 0) is 26.1 Å². The third-order valence-corrected chi connectivity index (χ3v) is 4.94. The summed E-state index contributed by atoms with van der Waals surface area (Å²) in [6.07, 6.45) is -4.22. The summed E-state index contributed by atoms with van der Waals surface area (Å²) in [5.74, 6) is -1.09. The number of imide groups is 1. The molecule has 28 heavy (non-hydrogen) atoms. The molecule has 1 fully saturated rings. The number of hydrogen-bond acceptors (Lipinski definition) is 3. The predicted molar refractivity (Wildman–Crippen MR) is 96.3 cm³/mol. The molecule has 0 radical (unpaired) electrons. The number of fused-ring (bicyclic) bond motifs is 2. The number of anilines is 1. The molecule has 0 bridgehead atoms. The molecule has 2 aromatic carbocycles. The Hall–Kier alpha value is -2.93. The first-order chi connectivity index (χ1) is 13.1. The van der Waals surface area contributed by atoms with Gasteiger partial charge in [0.05, 0.1) is 22.4 Å². The van der Waals surface area contributed by atoms with E-state index in [1.807, 2.05) is 0 Å². The lowest BCUT2D eigenvalue weighted by molar-refractivity contribution is -0.139. The topological polar surface area (TPSA) is 46.6 Å². The molecule has 1 atom stereocenters. The molecule has 0 aromatic heterocycles. The molecule has 2 amide bonds. The molecule has 1 unspecified atom stereocenters. The molecule has 2 aromatic rings. The van der Waals surface area contributed by atoms with E-state index in [-0.39, 0.29) is 11.1 Å². The number of amides is 2. The van der Waals surface area contributed by atoms with Crippen LogP contribution in [0.5, 0.6) is 0 Å². The van der Waals surface area contributed by atoms with Crippen LogP contribution in [0.4, 0.5) is 18.9 Å². The average molecular weight is 387 g/mol. The lowest BCUT2D eigenvalue weighted by Gasteiger charge is -2.29. The second-order valence-corrected chi connectivity index (χ2v) is 7.22. The maximum Gasteiger partial charge on any atom is 0.416 e. The fourth-order valence-electron chi connectivity index (χ4n) is 3.57. The van der Waals surface area contributed by atoms with Crippen LogP contribution in [0.3, 0.4) is 0 Å². The minimum absolute atomic E-state index is 0.112. The molecule has 2 aliphatic rings. The first kappa shape index (κ1) is 18.4. The Morgan fingerprint density at radius 3 is 2.36 bits per heavy atom. The van der Waals surface area contributed by atoms with E-state index in [0.717, 1.165) is 17.0 Å². The van der Waals surface area contributed by atoms with E-state index in [9.17, 15) is 22.8 Å². The van der Waals surface area contributed by atoms with E-state index in [4.69, 9.17) is 4.74 Å². The summed E-state index contributed by atoms with van der Waals surface area (Å²) in [4.78, 5) is 26.9. The molecular formula is C21H16F3NO3. The predicted octanol–water partition coefficient (Wildman–Crippen LogP) is 4.30. The number of rotatable bonds is 1. The van der Waals surface area contributed by atoms with E-state index in [1.54, 1.807) is 44.2 Å². The molecule has 0 N–H and O–H groups in total. The van der Waals surface area contributed by atoms with Gasteiger partial charge in [-0.2, -0.15) is 13.2 Å². The lowest BCUT2D eigenvalue weighted by atomic mass is 9.91. The van der Waals surface area contributed by atoms with Gasteiger partial charge in [0, 0.05) is 0 Å². The van der Waals surface area contributed by atoms with Crippen molar-refractivity contribution in [1.29, 1.82) is 0 Å². The Kier molecular flexibility index (Phi) is 3.97. The molecule has 144 valence electrons. The molecule has 7 heteroatoms. The van der Waals surface area contributed by atoms with Gasteiger partial charge in [0.25, 0.3) is 11.8 Å². The van der Waals surface area contributed by atoms with Gasteiger partial charge in [-0.3, -0.25) is 9.59 Å². The van der Waals surface area contributed by atoms with Crippen LogP contribution in [0.1, 0.15) is 30.5 Å². The van der Waals surface area contributed by atoms with Crippen molar-refractivity contribution < 1.29 is 27.5 Å². The molecular weight excluding hydrogens is 371 g/mol. The lowest BCUT2D eigenvalue weighted by Crippen LogP contribution is -2.36. The van der Waals surface area contributed by atoms with Crippen molar-refractivity contribution in [2.24, 2.45) is 0 Å². The van der Waals surface area contributed by atoms with E-state index in [1.165, 1.54) is 12.1 Å². The Balaban J connectivity index is 1.84. The number of carbonyl (C=O) groups is 2. The number of benzene rings is 2. The van der Waals surface area contributed by atoms with Gasteiger partial charge in [-0.25, -0.2) is 4.90 Å². The second-order valence-electron chi connectivity index (χ2n) is 7.22. The quantitative estimate of drug-likeness (QED) is 0.686. The van der Waals surface area contributed by atoms with E-state index in [0.29, 0.717) is 11.3 Å². The monoisotopic (exact) mass is 387 g/mol. The Morgan fingerprint density at radius 2 is 1.71 bits per heavy atom. The molecule has 0 saturated carbocycles. The number of carbonyl (C=O) groups excluding carboxylic acids is 2. The maximum atomic E-state index is 13.1. The number of ether oxygens (including phenoxy) is 1. The van der Waals surface area contributed by atoms with E-state index >= 15 is 0 Å². The molecule has 2 heterocycles. The van der Waals surface area contributed by atoms with Gasteiger partial charge in [0.15, 0.2) is 6.10 Å². The fraction of sp³-hybridized carbons (Fsp3) is 0.238. The number of alkyl halides is 3. The van der Waals surface area contributed by atoms with Crippen LogP contribution in [0.2, 0.25) is 0 Å². The van der Waals surface area contributed by atoms with Crippen molar-refractivity contribution in [3.63, 3.8) is 0 Å². The SMILES string of the molecule is CC1(C)OC2C(=O)N(c3ccccc3)C(=O)C2=Cc2ccc(C(F)(F)F)cc21. The van der Waals surface area contributed by atoms with Crippen LogP contribution in [0.25, 0.3) is 6.08 Å². The minimum Gasteiger partial charge on any atom is -0.353 e. The average Bonchev–Trinajstić information content (AvgIpc) is 2.78. The summed E-state index contributed by atoms with van der Waals surface area (Å²) in [5.41, 5.74) is -0.789. The molecule has 0 aliphatic carbocycles. The molecule has 4 rings (SSSR count). The third kappa shape index (κ3) is 2.82. The van der Waals surface area contributed by atoms with Crippen molar-refractivity contribution in [1.82, 2.24) is 0 Å². The highest BCUT2D eigenvalue weighted by Gasteiger charge is 2.49. The van der Waals surface area contributed by atoms with Gasteiger partial charge in [-0.1, -0.05) is 24.3 Å². The minimum atomic E-state index is -4.50. The Morgan fingerprint density at radius 1 is 1.04 bits per heavy atom. The van der Waals surface area contributed by atoms with Gasteiger partial charge < -0.3 is 4.74 Å². The standard InChI is InChI=1S/C21H16F3NO3/c1-20(2)16-11-13(21(22,23)24)9-8-12(16)10-15-17(28-20)19(27)25(18(15)26)14-6-4-3-5-7-14/h3-11,17H,1-2H3. The zero-order valence-corrected chi connectivity index (χ0v) is 15.1. The van der Waals surface area contributed by atoms with Gasteiger partial charge in [-0.05, 0) is 55.3 Å². The normalized spacial score (nSPS) is 21.1. The van der Waals surface area contributed by atoms with Gasteiger partial charge in [-0.15, -0.1) is 0 Å². The smallest absolute Gasteiger partial charge is 0.353 e.